The molecule has 0 saturated heterocycles. The average Bonchev–Trinajstić information content (AvgIpc) is 2.97. The Hall–Kier alpha value is -3.50. The number of aliphatic hydroxyl groups excluding tert-OH is 1. The first-order valence-electron chi connectivity index (χ1n) is 13.2. The van der Waals surface area contributed by atoms with Crippen molar-refractivity contribution in [2.45, 2.75) is 32.1 Å². The van der Waals surface area contributed by atoms with E-state index in [2.05, 4.69) is 5.32 Å². The van der Waals surface area contributed by atoms with E-state index >= 15 is 0 Å². The molecule has 0 saturated carbocycles. The molecule has 3 aromatic rings. The zero-order valence-electron chi connectivity index (χ0n) is 22.0. The van der Waals surface area contributed by atoms with Gasteiger partial charge in [-0.25, -0.2) is 0 Å². The lowest BCUT2D eigenvalue weighted by Gasteiger charge is -2.36. The number of hydrogen-bond acceptors (Lipinski definition) is 8. The number of aliphatic hydroxyl groups is 1. The van der Waals surface area contributed by atoms with Crippen molar-refractivity contribution >= 4 is 16.9 Å². The van der Waals surface area contributed by atoms with Gasteiger partial charge in [0, 0.05) is 37.2 Å². The molecule has 2 N–H and O–H groups in total. The summed E-state index contributed by atoms with van der Waals surface area (Å²) in [7, 11) is 0. The van der Waals surface area contributed by atoms with E-state index in [0.717, 1.165) is 5.56 Å². The molecule has 0 aliphatic carbocycles. The van der Waals surface area contributed by atoms with Crippen LogP contribution < -0.4 is 10.7 Å². The maximum Gasteiger partial charge on any atom is 0.286 e. The molecule has 1 amide bonds. The highest BCUT2D eigenvalue weighted by atomic mass is 16.7. The van der Waals surface area contributed by atoms with Crippen molar-refractivity contribution in [3.63, 3.8) is 0 Å². The molecule has 3 atom stereocenters. The van der Waals surface area contributed by atoms with E-state index in [1.54, 1.807) is 24.3 Å². The van der Waals surface area contributed by atoms with E-state index < -0.39 is 18.1 Å². The van der Waals surface area contributed by atoms with Gasteiger partial charge in [0.25, 0.3) is 5.91 Å². The topological polar surface area (TPSA) is 116 Å². The van der Waals surface area contributed by atoms with Gasteiger partial charge in [0.15, 0.2) is 11.2 Å². The second-order valence-corrected chi connectivity index (χ2v) is 9.08. The van der Waals surface area contributed by atoms with Gasteiger partial charge in [0.05, 0.1) is 38.1 Å². The van der Waals surface area contributed by atoms with Crippen LogP contribution in [0.1, 0.15) is 30.4 Å². The number of carbonyl (C=O) groups is 1. The van der Waals surface area contributed by atoms with Gasteiger partial charge in [-0.15, -0.1) is 0 Å². The summed E-state index contributed by atoms with van der Waals surface area (Å²) < 4.78 is 28.8. The van der Waals surface area contributed by atoms with Crippen LogP contribution in [0, 0.1) is 5.92 Å². The van der Waals surface area contributed by atoms with E-state index in [0.29, 0.717) is 55.9 Å². The number of rotatable bonds is 14. The summed E-state index contributed by atoms with van der Waals surface area (Å²) in [4.78, 5) is 26.7. The van der Waals surface area contributed by atoms with E-state index in [4.69, 9.17) is 28.5 Å². The Labute approximate surface area is 227 Å². The second-order valence-electron chi connectivity index (χ2n) is 9.08. The number of ether oxygens (including phenoxy) is 4. The summed E-state index contributed by atoms with van der Waals surface area (Å²) in [5, 5.41) is 12.2. The summed E-state index contributed by atoms with van der Waals surface area (Å²) in [5.74, 6) is -1.13. The van der Waals surface area contributed by atoms with Gasteiger partial charge >= 0.3 is 0 Å². The molecule has 0 radical (unpaired) electrons. The molecule has 39 heavy (non-hydrogen) atoms. The van der Waals surface area contributed by atoms with Crippen LogP contribution in [0.2, 0.25) is 0 Å². The van der Waals surface area contributed by atoms with E-state index in [1.807, 2.05) is 43.3 Å². The predicted octanol–water partition coefficient (Wildman–Crippen LogP) is 3.50. The smallest absolute Gasteiger partial charge is 0.286 e. The van der Waals surface area contributed by atoms with Gasteiger partial charge in [-0.3, -0.25) is 9.59 Å². The number of nitrogens with one attached hydrogen (secondary N) is 1. The van der Waals surface area contributed by atoms with Crippen molar-refractivity contribution in [1.82, 2.24) is 5.32 Å². The SMILES string of the molecule is CCOC1OC(C(=O)NCc2ccccc2)=CC(c2coc3ccccc3c2=O)C1CCOCCOCCO. The van der Waals surface area contributed by atoms with Crippen molar-refractivity contribution < 1.29 is 33.3 Å². The fraction of sp³-hybridized carbons (Fsp3) is 0.400. The first kappa shape index (κ1) is 28.5. The Kier molecular flexibility index (Phi) is 10.7. The highest BCUT2D eigenvalue weighted by molar-refractivity contribution is 5.91. The Morgan fingerprint density at radius 2 is 1.74 bits per heavy atom. The van der Waals surface area contributed by atoms with Crippen molar-refractivity contribution in [3.05, 3.63) is 94.0 Å². The standard InChI is InChI=1S/C30H35NO8/c1-2-37-30-22(12-14-35-16-17-36-15-13-32)24(25-20-38-26-11-7-6-10-23(26)28(25)33)18-27(39-30)29(34)31-19-21-8-4-3-5-9-21/h3-11,18,20,22,24,30,32H,2,12-17,19H2,1H3,(H,31,34). The summed E-state index contributed by atoms with van der Waals surface area (Å²) in [6, 6.07) is 16.6. The lowest BCUT2D eigenvalue weighted by Crippen LogP contribution is -2.40. The van der Waals surface area contributed by atoms with E-state index in [-0.39, 0.29) is 30.3 Å². The number of carbonyl (C=O) groups excluding carboxylic acids is 1. The third-order valence-electron chi connectivity index (χ3n) is 6.50. The Balaban J connectivity index is 1.60. The first-order chi connectivity index (χ1) is 19.1. The minimum atomic E-state index is -0.775. The maximum absolute atomic E-state index is 13.6. The van der Waals surface area contributed by atoms with Crippen molar-refractivity contribution in [3.8, 4) is 0 Å². The second kappa shape index (κ2) is 14.6. The third-order valence-corrected chi connectivity index (χ3v) is 6.50. The number of fused-ring (bicyclic) bond motifs is 1. The number of allylic oxidation sites excluding steroid dienone is 1. The van der Waals surface area contributed by atoms with Gasteiger partial charge < -0.3 is 33.8 Å². The fourth-order valence-corrected chi connectivity index (χ4v) is 4.59. The minimum absolute atomic E-state index is 0.0426. The quantitative estimate of drug-likeness (QED) is 0.300. The number of amides is 1. The van der Waals surface area contributed by atoms with Crippen LogP contribution in [0.4, 0.5) is 0 Å². The zero-order valence-corrected chi connectivity index (χ0v) is 22.0. The third kappa shape index (κ3) is 7.54. The molecule has 4 rings (SSSR count). The molecule has 1 aliphatic heterocycles. The van der Waals surface area contributed by atoms with Gasteiger partial charge in [0.1, 0.15) is 5.58 Å². The molecule has 1 aromatic heterocycles. The monoisotopic (exact) mass is 537 g/mol. The first-order valence-corrected chi connectivity index (χ1v) is 13.2. The number of para-hydroxylation sites is 1. The van der Waals surface area contributed by atoms with Crippen molar-refractivity contribution in [2.24, 2.45) is 5.92 Å². The maximum atomic E-state index is 13.6. The summed E-state index contributed by atoms with van der Waals surface area (Å²) >= 11 is 0. The molecule has 9 nitrogen and oxygen atoms in total. The molecule has 9 heteroatoms. The van der Waals surface area contributed by atoms with Crippen molar-refractivity contribution in [2.75, 3.05) is 39.6 Å². The van der Waals surface area contributed by atoms with Crippen LogP contribution in [0.15, 0.2) is 81.9 Å². The molecular formula is C30H35NO8. The van der Waals surface area contributed by atoms with Crippen LogP contribution in [-0.2, 0) is 30.3 Å². The van der Waals surface area contributed by atoms with Crippen LogP contribution in [0.25, 0.3) is 11.0 Å². The van der Waals surface area contributed by atoms with Gasteiger partial charge in [-0.2, -0.15) is 0 Å². The molecule has 0 spiro atoms. The lowest BCUT2D eigenvalue weighted by molar-refractivity contribution is -0.168. The highest BCUT2D eigenvalue weighted by Gasteiger charge is 2.39. The Bertz CT molecular complexity index is 1290. The van der Waals surface area contributed by atoms with Crippen LogP contribution >= 0.6 is 0 Å². The average molecular weight is 538 g/mol. The van der Waals surface area contributed by atoms with Gasteiger partial charge in [-0.1, -0.05) is 42.5 Å². The van der Waals surface area contributed by atoms with Gasteiger partial charge in [0.2, 0.25) is 6.29 Å². The molecule has 0 fully saturated rings. The molecule has 2 heterocycles. The normalized spacial score (nSPS) is 18.9. The summed E-state index contributed by atoms with van der Waals surface area (Å²) in [6.07, 6.45) is 2.88. The zero-order chi connectivity index (χ0) is 27.5. The van der Waals surface area contributed by atoms with Crippen molar-refractivity contribution in [1.29, 1.82) is 0 Å². The number of hydrogen-bond donors (Lipinski definition) is 2. The minimum Gasteiger partial charge on any atom is -0.464 e. The van der Waals surface area contributed by atoms with Crippen LogP contribution in [0.3, 0.4) is 0 Å². The highest BCUT2D eigenvalue weighted by Crippen LogP contribution is 2.38. The van der Waals surface area contributed by atoms with E-state index in [9.17, 15) is 9.59 Å². The molecule has 208 valence electrons. The lowest BCUT2D eigenvalue weighted by atomic mass is 9.81. The fourth-order valence-electron chi connectivity index (χ4n) is 4.59. The largest absolute Gasteiger partial charge is 0.464 e. The molecule has 0 bridgehead atoms. The Morgan fingerprint density at radius 1 is 1.00 bits per heavy atom. The summed E-state index contributed by atoms with van der Waals surface area (Å²) in [5.41, 5.74) is 1.70. The van der Waals surface area contributed by atoms with Gasteiger partial charge in [-0.05, 0) is 37.1 Å². The molecule has 1 aliphatic rings. The van der Waals surface area contributed by atoms with E-state index in [1.165, 1.54) is 6.26 Å². The predicted molar refractivity (Wildman–Crippen MR) is 145 cm³/mol. The van der Waals surface area contributed by atoms with Crippen LogP contribution in [-0.4, -0.2) is 56.9 Å². The number of benzene rings is 2. The van der Waals surface area contributed by atoms with Crippen LogP contribution in [0.5, 0.6) is 0 Å². The molecule has 3 unspecified atom stereocenters. The molecule has 2 aromatic carbocycles. The Morgan fingerprint density at radius 3 is 2.51 bits per heavy atom. The molecular weight excluding hydrogens is 502 g/mol. The summed E-state index contributed by atoms with van der Waals surface area (Å²) in [6.45, 7) is 3.83.